The molecule has 0 radical (unpaired) electrons. The third kappa shape index (κ3) is 4.71. The van der Waals surface area contributed by atoms with Crippen LogP contribution in [0.15, 0.2) is 95.4 Å². The molecule has 9 nitrogen and oxygen atoms in total. The molecule has 5 aromatic rings. The molecule has 0 aliphatic carbocycles. The highest BCUT2D eigenvalue weighted by Gasteiger charge is 2.22. The van der Waals surface area contributed by atoms with Crippen molar-refractivity contribution in [3.8, 4) is 0 Å². The standard InChI is InChI=1S/C26H22N6O3S/c1-31-16-29-30-26(31)36-24-12-11-18(13-23(24)32(34)35)25(33)28-14-20(17-7-3-2-4-8-17)21-15-27-22-10-6-5-9-19(21)22/h2-13,15-16,20,27H,14H2,1H3,(H,28,33). The van der Waals surface area contributed by atoms with Crippen LogP contribution in [0.3, 0.4) is 0 Å². The second kappa shape index (κ2) is 10.0. The highest BCUT2D eigenvalue weighted by molar-refractivity contribution is 7.99. The number of aromatic nitrogens is 4. The quantitative estimate of drug-likeness (QED) is 0.232. The number of rotatable bonds is 8. The number of carbonyl (C=O) groups excluding carboxylic acids is 1. The van der Waals surface area contributed by atoms with Crippen molar-refractivity contribution in [3.63, 3.8) is 0 Å². The van der Waals surface area contributed by atoms with Crippen LogP contribution in [-0.2, 0) is 7.05 Å². The van der Waals surface area contributed by atoms with E-state index < -0.39 is 4.92 Å². The predicted molar refractivity (Wildman–Crippen MR) is 137 cm³/mol. The molecule has 2 N–H and O–H groups in total. The normalized spacial score (nSPS) is 11.9. The van der Waals surface area contributed by atoms with Crippen LogP contribution in [-0.4, -0.2) is 37.1 Å². The fraction of sp³-hybridized carbons (Fsp3) is 0.115. The van der Waals surface area contributed by atoms with Gasteiger partial charge in [-0.2, -0.15) is 0 Å². The van der Waals surface area contributed by atoms with Crippen LogP contribution in [0.4, 0.5) is 5.69 Å². The number of amides is 1. The molecule has 1 amide bonds. The van der Waals surface area contributed by atoms with E-state index in [4.69, 9.17) is 0 Å². The van der Waals surface area contributed by atoms with Gasteiger partial charge in [-0.15, -0.1) is 10.2 Å². The number of nitrogens with zero attached hydrogens (tertiary/aromatic N) is 4. The van der Waals surface area contributed by atoms with Gasteiger partial charge in [-0.1, -0.05) is 48.5 Å². The molecule has 3 aromatic carbocycles. The average molecular weight is 499 g/mol. The number of aromatic amines is 1. The molecule has 0 bridgehead atoms. The Balaban J connectivity index is 1.40. The summed E-state index contributed by atoms with van der Waals surface area (Å²) in [6.07, 6.45) is 3.49. The molecule has 36 heavy (non-hydrogen) atoms. The Hall–Kier alpha value is -4.44. The Morgan fingerprint density at radius 2 is 1.92 bits per heavy atom. The Morgan fingerprint density at radius 3 is 2.67 bits per heavy atom. The van der Waals surface area contributed by atoms with Gasteiger partial charge in [-0.3, -0.25) is 14.9 Å². The zero-order chi connectivity index (χ0) is 25.1. The highest BCUT2D eigenvalue weighted by Crippen LogP contribution is 2.34. The van der Waals surface area contributed by atoms with Gasteiger partial charge in [0.05, 0.1) is 9.82 Å². The first-order valence-corrected chi connectivity index (χ1v) is 12.0. The summed E-state index contributed by atoms with van der Waals surface area (Å²) in [4.78, 5) is 28.0. The summed E-state index contributed by atoms with van der Waals surface area (Å²) in [6, 6.07) is 22.4. The van der Waals surface area contributed by atoms with Crippen LogP contribution >= 0.6 is 11.8 Å². The third-order valence-electron chi connectivity index (χ3n) is 5.95. The minimum atomic E-state index is -0.492. The van der Waals surface area contributed by atoms with E-state index in [1.165, 1.54) is 12.4 Å². The minimum Gasteiger partial charge on any atom is -0.361 e. The average Bonchev–Trinajstić information content (AvgIpc) is 3.51. The van der Waals surface area contributed by atoms with Crippen molar-refractivity contribution in [2.45, 2.75) is 16.0 Å². The molecule has 2 aromatic heterocycles. The molecule has 0 aliphatic heterocycles. The van der Waals surface area contributed by atoms with Gasteiger partial charge >= 0.3 is 0 Å². The van der Waals surface area contributed by atoms with Gasteiger partial charge < -0.3 is 14.9 Å². The van der Waals surface area contributed by atoms with Gasteiger partial charge in [0.1, 0.15) is 6.33 Å². The van der Waals surface area contributed by atoms with E-state index in [1.807, 2.05) is 54.7 Å². The Morgan fingerprint density at radius 1 is 1.14 bits per heavy atom. The lowest BCUT2D eigenvalue weighted by Crippen LogP contribution is -2.29. The van der Waals surface area contributed by atoms with Crippen molar-refractivity contribution in [2.24, 2.45) is 7.05 Å². The molecule has 10 heteroatoms. The van der Waals surface area contributed by atoms with E-state index in [-0.39, 0.29) is 23.1 Å². The lowest BCUT2D eigenvalue weighted by atomic mass is 9.91. The molecule has 0 saturated carbocycles. The molecule has 0 aliphatic rings. The molecule has 0 spiro atoms. The minimum absolute atomic E-state index is 0.105. The maximum absolute atomic E-state index is 13.1. The summed E-state index contributed by atoms with van der Waals surface area (Å²) in [6.45, 7) is 0.327. The van der Waals surface area contributed by atoms with E-state index in [1.54, 1.807) is 23.7 Å². The molecule has 2 heterocycles. The van der Waals surface area contributed by atoms with Crippen molar-refractivity contribution in [1.82, 2.24) is 25.1 Å². The van der Waals surface area contributed by atoms with Gasteiger partial charge in [0.2, 0.25) is 0 Å². The lowest BCUT2D eigenvalue weighted by Gasteiger charge is -2.18. The van der Waals surface area contributed by atoms with Crippen LogP contribution in [0.2, 0.25) is 0 Å². The summed E-state index contributed by atoms with van der Waals surface area (Å²) < 4.78 is 1.67. The Kier molecular flexibility index (Phi) is 6.50. The molecule has 1 unspecified atom stereocenters. The van der Waals surface area contributed by atoms with Gasteiger partial charge in [0.25, 0.3) is 11.6 Å². The highest BCUT2D eigenvalue weighted by atomic mass is 32.2. The molecular formula is C26H22N6O3S. The second-order valence-electron chi connectivity index (χ2n) is 8.23. The van der Waals surface area contributed by atoms with E-state index in [0.717, 1.165) is 33.8 Å². The lowest BCUT2D eigenvalue weighted by molar-refractivity contribution is -0.387. The van der Waals surface area contributed by atoms with Crippen LogP contribution < -0.4 is 5.32 Å². The van der Waals surface area contributed by atoms with Crippen LogP contribution in [0, 0.1) is 10.1 Å². The predicted octanol–water partition coefficient (Wildman–Crippen LogP) is 4.92. The summed E-state index contributed by atoms with van der Waals surface area (Å²) in [5, 5.41) is 24.1. The molecular weight excluding hydrogens is 476 g/mol. The first-order valence-electron chi connectivity index (χ1n) is 11.2. The number of nitrogens with one attached hydrogen (secondary N) is 2. The number of aryl methyl sites for hydroxylation is 1. The van der Waals surface area contributed by atoms with Crippen molar-refractivity contribution >= 4 is 34.3 Å². The summed E-state index contributed by atoms with van der Waals surface area (Å²) in [5.74, 6) is -0.485. The summed E-state index contributed by atoms with van der Waals surface area (Å²) in [5.41, 5.74) is 3.20. The van der Waals surface area contributed by atoms with Crippen molar-refractivity contribution < 1.29 is 9.72 Å². The third-order valence-corrected chi connectivity index (χ3v) is 7.07. The van der Waals surface area contributed by atoms with Crippen LogP contribution in [0.5, 0.6) is 0 Å². The van der Waals surface area contributed by atoms with Crippen LogP contribution in [0.25, 0.3) is 10.9 Å². The number of nitro groups is 1. The first-order chi connectivity index (χ1) is 17.5. The maximum atomic E-state index is 13.1. The fourth-order valence-corrected chi connectivity index (χ4v) is 4.97. The van der Waals surface area contributed by atoms with E-state index >= 15 is 0 Å². The fourth-order valence-electron chi connectivity index (χ4n) is 4.12. The van der Waals surface area contributed by atoms with E-state index in [0.29, 0.717) is 16.6 Å². The summed E-state index contributed by atoms with van der Waals surface area (Å²) >= 11 is 1.12. The summed E-state index contributed by atoms with van der Waals surface area (Å²) in [7, 11) is 1.76. The van der Waals surface area contributed by atoms with Gasteiger partial charge in [-0.25, -0.2) is 0 Å². The SMILES string of the molecule is Cn1cnnc1Sc1ccc(C(=O)NCC(c2ccccc2)c2c[nH]c3ccccc23)cc1[N+](=O)[O-]. The Bertz CT molecular complexity index is 1550. The van der Waals surface area contributed by atoms with Crippen LogP contribution in [0.1, 0.15) is 27.4 Å². The number of carbonyl (C=O) groups is 1. The van der Waals surface area contributed by atoms with Crippen molar-refractivity contribution in [1.29, 1.82) is 0 Å². The smallest absolute Gasteiger partial charge is 0.284 e. The molecule has 180 valence electrons. The molecule has 1 atom stereocenters. The Labute approximate surface area is 210 Å². The topological polar surface area (TPSA) is 119 Å². The molecule has 0 saturated heterocycles. The number of hydrogen-bond acceptors (Lipinski definition) is 6. The maximum Gasteiger partial charge on any atom is 0.284 e. The van der Waals surface area contributed by atoms with Crippen molar-refractivity contribution in [3.05, 3.63) is 112 Å². The zero-order valence-corrected chi connectivity index (χ0v) is 20.1. The number of fused-ring (bicyclic) bond motifs is 1. The molecule has 5 rings (SSSR count). The number of nitro benzene ring substituents is 1. The van der Waals surface area contributed by atoms with Crippen molar-refractivity contribution in [2.75, 3.05) is 6.54 Å². The largest absolute Gasteiger partial charge is 0.361 e. The van der Waals surface area contributed by atoms with E-state index in [9.17, 15) is 14.9 Å². The van der Waals surface area contributed by atoms with Gasteiger partial charge in [0, 0.05) is 48.2 Å². The van der Waals surface area contributed by atoms with E-state index in [2.05, 4.69) is 26.6 Å². The van der Waals surface area contributed by atoms with Gasteiger partial charge in [0.15, 0.2) is 5.16 Å². The number of para-hydroxylation sites is 1. The van der Waals surface area contributed by atoms with Gasteiger partial charge in [-0.05, 0) is 41.1 Å². The monoisotopic (exact) mass is 498 g/mol. The number of benzene rings is 3. The first kappa shape index (κ1) is 23.3. The number of hydrogen-bond donors (Lipinski definition) is 2. The zero-order valence-electron chi connectivity index (χ0n) is 19.3. The number of H-pyrrole nitrogens is 1. The second-order valence-corrected chi connectivity index (χ2v) is 9.24. The molecule has 0 fully saturated rings.